The van der Waals surface area contributed by atoms with Crippen LogP contribution in [-0.4, -0.2) is 25.0 Å². The van der Waals surface area contributed by atoms with Gasteiger partial charge in [-0.05, 0) is 56.1 Å². The second-order valence-electron chi connectivity index (χ2n) is 3.96. The Balaban J connectivity index is 1.90. The molecule has 1 aliphatic heterocycles. The van der Waals surface area contributed by atoms with Gasteiger partial charge in [0.2, 0.25) is 0 Å². The number of halogens is 1. The molecule has 2 heterocycles. The number of carbonyl (C=O) groups is 1. The van der Waals surface area contributed by atoms with Crippen molar-refractivity contribution < 1.29 is 9.21 Å². The minimum Gasteiger partial charge on any atom is -0.440 e. The molecule has 0 aromatic carbocycles. The molecule has 1 aliphatic rings. The van der Waals surface area contributed by atoms with Crippen molar-refractivity contribution in [1.29, 1.82) is 0 Å². The molecule has 4 nitrogen and oxygen atoms in total. The van der Waals surface area contributed by atoms with Gasteiger partial charge >= 0.3 is 0 Å². The van der Waals surface area contributed by atoms with E-state index in [1.54, 1.807) is 12.1 Å². The summed E-state index contributed by atoms with van der Waals surface area (Å²) in [6, 6.07) is 3.39. The number of furan rings is 1. The second-order valence-corrected chi connectivity index (χ2v) is 4.33. The Bertz CT molecular complexity index is 357. The molecular weight excluding hydrogens is 228 g/mol. The van der Waals surface area contributed by atoms with Crippen LogP contribution in [0.4, 0.5) is 0 Å². The van der Waals surface area contributed by atoms with Gasteiger partial charge in [-0.3, -0.25) is 4.79 Å². The molecule has 1 unspecified atom stereocenters. The molecule has 88 valence electrons. The third-order valence-corrected chi connectivity index (χ3v) is 2.91. The summed E-state index contributed by atoms with van der Waals surface area (Å²) in [5.41, 5.74) is 0. The van der Waals surface area contributed by atoms with Gasteiger partial charge in [0, 0.05) is 6.04 Å². The highest BCUT2D eigenvalue weighted by Crippen LogP contribution is 2.14. The molecule has 0 bridgehead atoms. The molecule has 1 atom stereocenters. The summed E-state index contributed by atoms with van der Waals surface area (Å²) in [6.07, 6.45) is 3.05. The van der Waals surface area contributed by atoms with E-state index >= 15 is 0 Å². The molecule has 0 saturated carbocycles. The van der Waals surface area contributed by atoms with Crippen LogP contribution in [-0.2, 0) is 0 Å². The Morgan fingerprint density at radius 3 is 3.06 bits per heavy atom. The highest BCUT2D eigenvalue weighted by atomic mass is 35.5. The zero-order chi connectivity index (χ0) is 11.4. The molecule has 2 rings (SSSR count). The fourth-order valence-electron chi connectivity index (χ4n) is 1.86. The van der Waals surface area contributed by atoms with E-state index in [4.69, 9.17) is 16.0 Å². The molecule has 2 N–H and O–H groups in total. The number of hydrogen-bond donors (Lipinski definition) is 2. The molecule has 1 aromatic rings. The van der Waals surface area contributed by atoms with Crippen LogP contribution in [0.25, 0.3) is 0 Å². The van der Waals surface area contributed by atoms with E-state index in [2.05, 4.69) is 10.6 Å². The summed E-state index contributed by atoms with van der Waals surface area (Å²) >= 11 is 5.62. The molecule has 1 aromatic heterocycles. The summed E-state index contributed by atoms with van der Waals surface area (Å²) < 4.78 is 5.06. The minimum absolute atomic E-state index is 0.182. The van der Waals surface area contributed by atoms with Crippen LogP contribution in [0.3, 0.4) is 0 Å². The van der Waals surface area contributed by atoms with Crippen LogP contribution in [0.2, 0.25) is 5.22 Å². The van der Waals surface area contributed by atoms with Gasteiger partial charge in [0.1, 0.15) is 0 Å². The van der Waals surface area contributed by atoms with Crippen LogP contribution < -0.4 is 10.6 Å². The molecule has 0 aliphatic carbocycles. The maximum atomic E-state index is 11.8. The maximum Gasteiger partial charge on any atom is 0.287 e. The number of nitrogens with one attached hydrogen (secondary N) is 2. The number of hydrogen-bond acceptors (Lipinski definition) is 3. The Labute approximate surface area is 99.3 Å². The largest absolute Gasteiger partial charge is 0.440 e. The van der Waals surface area contributed by atoms with Crippen molar-refractivity contribution in [1.82, 2.24) is 10.6 Å². The Hall–Kier alpha value is -1.00. The Morgan fingerprint density at radius 2 is 2.31 bits per heavy atom. The van der Waals surface area contributed by atoms with E-state index in [9.17, 15) is 4.79 Å². The molecule has 0 spiro atoms. The number of rotatable bonds is 2. The molecule has 1 fully saturated rings. The molecule has 1 amide bonds. The summed E-state index contributed by atoms with van der Waals surface area (Å²) in [6.45, 7) is 1.98. The number of carbonyl (C=O) groups excluding carboxylic acids is 1. The lowest BCUT2D eigenvalue weighted by Gasteiger charge is -2.14. The smallest absolute Gasteiger partial charge is 0.287 e. The van der Waals surface area contributed by atoms with Crippen LogP contribution in [0, 0.1) is 0 Å². The third kappa shape index (κ3) is 3.00. The lowest BCUT2D eigenvalue weighted by Crippen LogP contribution is -2.35. The van der Waals surface area contributed by atoms with Crippen LogP contribution in [0.1, 0.15) is 29.8 Å². The lowest BCUT2D eigenvalue weighted by atomic mass is 10.1. The molecule has 1 saturated heterocycles. The average molecular weight is 243 g/mol. The van der Waals surface area contributed by atoms with Crippen molar-refractivity contribution >= 4 is 17.5 Å². The summed E-state index contributed by atoms with van der Waals surface area (Å²) in [5.74, 6) is 0.0982. The zero-order valence-corrected chi connectivity index (χ0v) is 9.72. The topological polar surface area (TPSA) is 54.3 Å². The van der Waals surface area contributed by atoms with E-state index in [-0.39, 0.29) is 22.9 Å². The van der Waals surface area contributed by atoms with Gasteiger partial charge in [0.15, 0.2) is 11.0 Å². The van der Waals surface area contributed by atoms with Gasteiger partial charge < -0.3 is 15.1 Å². The second kappa shape index (κ2) is 5.37. The standard InChI is InChI=1S/C11H15ClN2O2/c12-10-4-3-9(16-10)11(15)14-8-2-1-6-13-7-5-8/h3-4,8,13H,1-2,5-7H2,(H,14,15). The van der Waals surface area contributed by atoms with Crippen LogP contribution in [0.5, 0.6) is 0 Å². The summed E-state index contributed by atoms with van der Waals surface area (Å²) in [5, 5.41) is 6.50. The van der Waals surface area contributed by atoms with E-state index in [1.807, 2.05) is 0 Å². The average Bonchev–Trinajstić information content (AvgIpc) is 2.54. The van der Waals surface area contributed by atoms with Crippen LogP contribution in [0.15, 0.2) is 16.5 Å². The fourth-order valence-corrected chi connectivity index (χ4v) is 2.00. The first kappa shape index (κ1) is 11.5. The van der Waals surface area contributed by atoms with Crippen molar-refractivity contribution in [3.63, 3.8) is 0 Å². The van der Waals surface area contributed by atoms with E-state index in [1.165, 1.54) is 0 Å². The molecule has 16 heavy (non-hydrogen) atoms. The maximum absolute atomic E-state index is 11.8. The predicted octanol–water partition coefficient (Wildman–Crippen LogP) is 1.80. The van der Waals surface area contributed by atoms with Crippen molar-refractivity contribution in [3.05, 3.63) is 23.1 Å². The Kier molecular flexibility index (Phi) is 3.85. The van der Waals surface area contributed by atoms with Crippen molar-refractivity contribution in [3.8, 4) is 0 Å². The molecule has 0 radical (unpaired) electrons. The van der Waals surface area contributed by atoms with E-state index in [0.717, 1.165) is 32.4 Å². The summed E-state index contributed by atoms with van der Waals surface area (Å²) in [4.78, 5) is 11.8. The third-order valence-electron chi connectivity index (χ3n) is 2.71. The first-order valence-corrected chi connectivity index (χ1v) is 5.90. The quantitative estimate of drug-likeness (QED) is 0.832. The van der Waals surface area contributed by atoms with E-state index in [0.29, 0.717) is 0 Å². The van der Waals surface area contributed by atoms with Crippen LogP contribution >= 0.6 is 11.6 Å². The Morgan fingerprint density at radius 1 is 1.44 bits per heavy atom. The van der Waals surface area contributed by atoms with Crippen molar-refractivity contribution in [2.75, 3.05) is 13.1 Å². The SMILES string of the molecule is O=C(NC1CCCNCC1)c1ccc(Cl)o1. The van der Waals surface area contributed by atoms with Gasteiger partial charge in [-0.2, -0.15) is 0 Å². The van der Waals surface area contributed by atoms with Gasteiger partial charge in [-0.25, -0.2) is 0 Å². The minimum atomic E-state index is -0.182. The van der Waals surface area contributed by atoms with Gasteiger partial charge in [-0.15, -0.1) is 0 Å². The van der Waals surface area contributed by atoms with Gasteiger partial charge in [0.25, 0.3) is 5.91 Å². The highest BCUT2D eigenvalue weighted by molar-refractivity contribution is 6.29. The fraction of sp³-hybridized carbons (Fsp3) is 0.545. The molecular formula is C11H15ClN2O2. The predicted molar refractivity (Wildman–Crippen MR) is 61.7 cm³/mol. The first-order valence-electron chi connectivity index (χ1n) is 5.52. The van der Waals surface area contributed by atoms with Crippen molar-refractivity contribution in [2.45, 2.75) is 25.3 Å². The normalized spacial score (nSPS) is 21.4. The highest BCUT2D eigenvalue weighted by Gasteiger charge is 2.17. The van der Waals surface area contributed by atoms with Crippen molar-refractivity contribution in [2.24, 2.45) is 0 Å². The monoisotopic (exact) mass is 242 g/mol. The first-order chi connectivity index (χ1) is 7.75. The van der Waals surface area contributed by atoms with Gasteiger partial charge in [-0.1, -0.05) is 0 Å². The number of amides is 1. The zero-order valence-electron chi connectivity index (χ0n) is 8.96. The molecule has 5 heteroatoms. The summed E-state index contributed by atoms with van der Waals surface area (Å²) in [7, 11) is 0. The lowest BCUT2D eigenvalue weighted by molar-refractivity contribution is 0.0906. The van der Waals surface area contributed by atoms with Gasteiger partial charge in [0.05, 0.1) is 0 Å². The van der Waals surface area contributed by atoms with E-state index < -0.39 is 0 Å².